The van der Waals surface area contributed by atoms with Crippen molar-refractivity contribution in [2.24, 2.45) is 0 Å². The van der Waals surface area contributed by atoms with Gasteiger partial charge in [0.1, 0.15) is 16.7 Å². The van der Waals surface area contributed by atoms with Crippen LogP contribution in [0.4, 0.5) is 0 Å². The van der Waals surface area contributed by atoms with Gasteiger partial charge in [-0.15, -0.1) is 0 Å². The number of aliphatic carboxylic acids is 1. The van der Waals surface area contributed by atoms with Gasteiger partial charge < -0.3 is 9.84 Å². The molecule has 0 saturated heterocycles. The summed E-state index contributed by atoms with van der Waals surface area (Å²) in [5, 5.41) is 8.94. The minimum Gasteiger partial charge on any atom is -0.492 e. The van der Waals surface area contributed by atoms with Crippen LogP contribution in [-0.4, -0.2) is 32.1 Å². The van der Waals surface area contributed by atoms with Gasteiger partial charge in [0, 0.05) is 4.47 Å². The molecule has 1 aromatic rings. The number of ether oxygens (including phenoxy) is 1. The lowest BCUT2D eigenvalue weighted by Crippen LogP contribution is -2.40. The number of hydrogen-bond donors (Lipinski definition) is 2. The fourth-order valence-electron chi connectivity index (χ4n) is 1.53. The Hall–Kier alpha value is -1.12. The molecule has 0 fully saturated rings. The van der Waals surface area contributed by atoms with Gasteiger partial charge in [-0.25, -0.2) is 8.42 Å². The minimum atomic E-state index is -3.98. The molecule has 0 bridgehead atoms. The molecule has 20 heavy (non-hydrogen) atoms. The van der Waals surface area contributed by atoms with Crippen LogP contribution in [0.3, 0.4) is 0 Å². The van der Waals surface area contributed by atoms with E-state index in [1.165, 1.54) is 12.1 Å². The first-order valence-corrected chi connectivity index (χ1v) is 8.27. The zero-order valence-corrected chi connectivity index (χ0v) is 13.5. The summed E-state index contributed by atoms with van der Waals surface area (Å²) in [4.78, 5) is 10.9. The number of nitrogens with one attached hydrogen (secondary N) is 1. The number of rotatable bonds is 7. The number of benzene rings is 1. The average molecular weight is 366 g/mol. The highest BCUT2D eigenvalue weighted by Crippen LogP contribution is 2.27. The van der Waals surface area contributed by atoms with E-state index in [-0.39, 0.29) is 17.1 Å². The lowest BCUT2D eigenvalue weighted by Gasteiger charge is -2.15. The van der Waals surface area contributed by atoms with Gasteiger partial charge in [0.2, 0.25) is 10.0 Å². The number of hydrogen-bond acceptors (Lipinski definition) is 4. The molecule has 112 valence electrons. The fourth-order valence-corrected chi connectivity index (χ4v) is 3.48. The molecule has 1 aromatic carbocycles. The maximum Gasteiger partial charge on any atom is 0.321 e. The molecule has 0 amide bonds. The van der Waals surface area contributed by atoms with E-state index in [1.807, 2.05) is 0 Å². The van der Waals surface area contributed by atoms with E-state index in [0.717, 1.165) is 0 Å². The van der Waals surface area contributed by atoms with E-state index in [9.17, 15) is 13.2 Å². The third kappa shape index (κ3) is 4.19. The van der Waals surface area contributed by atoms with Gasteiger partial charge in [0.15, 0.2) is 0 Å². The van der Waals surface area contributed by atoms with Gasteiger partial charge >= 0.3 is 5.97 Å². The van der Waals surface area contributed by atoms with Crippen LogP contribution in [0.5, 0.6) is 5.75 Å². The average Bonchev–Trinajstić information content (AvgIpc) is 2.38. The summed E-state index contributed by atoms with van der Waals surface area (Å²) in [6, 6.07) is 3.37. The third-order valence-corrected chi connectivity index (χ3v) is 4.49. The Labute approximate surface area is 126 Å². The SMILES string of the molecule is CCOc1ccc(Br)cc1S(=O)(=O)N[C@H](CC)C(=O)O. The quantitative estimate of drug-likeness (QED) is 0.770. The van der Waals surface area contributed by atoms with Gasteiger partial charge in [-0.1, -0.05) is 22.9 Å². The predicted molar refractivity (Wildman–Crippen MR) is 77.3 cm³/mol. The normalized spacial score (nSPS) is 12.9. The van der Waals surface area contributed by atoms with Crippen LogP contribution in [-0.2, 0) is 14.8 Å². The van der Waals surface area contributed by atoms with Crippen LogP contribution in [0.25, 0.3) is 0 Å². The molecule has 0 heterocycles. The Bertz CT molecular complexity index is 588. The standard InChI is InChI=1S/C12H16BrNO5S/c1-3-9(12(15)16)14-20(17,18)11-7-8(13)5-6-10(11)19-4-2/h5-7,9,14H,3-4H2,1-2H3,(H,15,16)/t9-/m1/s1. The largest absolute Gasteiger partial charge is 0.492 e. The topological polar surface area (TPSA) is 92.7 Å². The summed E-state index contributed by atoms with van der Waals surface area (Å²) in [5.41, 5.74) is 0. The Morgan fingerprint density at radius 3 is 2.60 bits per heavy atom. The Morgan fingerprint density at radius 1 is 1.45 bits per heavy atom. The summed E-state index contributed by atoms with van der Waals surface area (Å²) in [6.45, 7) is 3.63. The van der Waals surface area contributed by atoms with Gasteiger partial charge in [-0.2, -0.15) is 4.72 Å². The van der Waals surface area contributed by atoms with Crippen molar-refractivity contribution in [1.29, 1.82) is 0 Å². The number of carboxylic acid groups (broad SMARTS) is 1. The summed E-state index contributed by atoms with van der Waals surface area (Å²) in [7, 11) is -3.98. The van der Waals surface area contributed by atoms with E-state index in [1.54, 1.807) is 19.9 Å². The molecular formula is C12H16BrNO5S. The van der Waals surface area contributed by atoms with Gasteiger partial charge in [0.25, 0.3) is 0 Å². The fraction of sp³-hybridized carbons (Fsp3) is 0.417. The van der Waals surface area contributed by atoms with Crippen LogP contribution in [0.1, 0.15) is 20.3 Å². The summed E-state index contributed by atoms with van der Waals surface area (Å²) >= 11 is 3.19. The van der Waals surface area contributed by atoms with Crippen molar-refractivity contribution in [1.82, 2.24) is 4.72 Å². The number of sulfonamides is 1. The maximum absolute atomic E-state index is 12.3. The zero-order valence-electron chi connectivity index (χ0n) is 11.1. The molecule has 0 saturated carbocycles. The predicted octanol–water partition coefficient (Wildman–Crippen LogP) is 1.99. The van der Waals surface area contributed by atoms with Crippen molar-refractivity contribution in [3.63, 3.8) is 0 Å². The second kappa shape index (κ2) is 7.05. The van der Waals surface area contributed by atoms with Gasteiger partial charge in [0.05, 0.1) is 6.61 Å². The Kier molecular flexibility index (Phi) is 5.97. The van der Waals surface area contributed by atoms with Crippen molar-refractivity contribution >= 4 is 31.9 Å². The van der Waals surface area contributed by atoms with Gasteiger partial charge in [-0.3, -0.25) is 4.79 Å². The summed E-state index contributed by atoms with van der Waals surface area (Å²) < 4.78 is 32.5. The molecule has 8 heteroatoms. The van der Waals surface area contributed by atoms with E-state index in [0.29, 0.717) is 11.1 Å². The maximum atomic E-state index is 12.3. The summed E-state index contributed by atoms with van der Waals surface area (Å²) in [5.74, 6) is -1.03. The molecule has 0 aromatic heterocycles. The smallest absolute Gasteiger partial charge is 0.321 e. The zero-order chi connectivity index (χ0) is 15.3. The van der Waals surface area contributed by atoms with Crippen LogP contribution >= 0.6 is 15.9 Å². The van der Waals surface area contributed by atoms with Crippen molar-refractivity contribution in [2.45, 2.75) is 31.2 Å². The summed E-state index contributed by atoms with van der Waals surface area (Å²) in [6.07, 6.45) is 0.145. The molecule has 0 radical (unpaired) electrons. The molecule has 6 nitrogen and oxygen atoms in total. The van der Waals surface area contributed by atoms with E-state index in [4.69, 9.17) is 9.84 Å². The third-order valence-electron chi connectivity index (χ3n) is 2.50. The lowest BCUT2D eigenvalue weighted by molar-refractivity contribution is -0.139. The highest BCUT2D eigenvalue weighted by molar-refractivity contribution is 9.10. The van der Waals surface area contributed by atoms with E-state index < -0.39 is 22.0 Å². The monoisotopic (exact) mass is 365 g/mol. The van der Waals surface area contributed by atoms with Crippen molar-refractivity contribution < 1.29 is 23.1 Å². The molecule has 0 aliphatic heterocycles. The highest BCUT2D eigenvalue weighted by atomic mass is 79.9. The molecule has 0 aliphatic carbocycles. The van der Waals surface area contributed by atoms with Crippen LogP contribution in [0.2, 0.25) is 0 Å². The van der Waals surface area contributed by atoms with Crippen LogP contribution in [0.15, 0.2) is 27.6 Å². The molecular weight excluding hydrogens is 350 g/mol. The van der Waals surface area contributed by atoms with E-state index >= 15 is 0 Å². The van der Waals surface area contributed by atoms with E-state index in [2.05, 4.69) is 20.7 Å². The van der Waals surface area contributed by atoms with Crippen molar-refractivity contribution in [2.75, 3.05) is 6.61 Å². The molecule has 1 atom stereocenters. The first kappa shape index (κ1) is 16.9. The van der Waals surface area contributed by atoms with Crippen molar-refractivity contribution in [3.8, 4) is 5.75 Å². The molecule has 0 unspecified atom stereocenters. The first-order valence-electron chi connectivity index (χ1n) is 5.99. The molecule has 1 rings (SSSR count). The van der Waals surface area contributed by atoms with Crippen LogP contribution in [0, 0.1) is 0 Å². The number of carboxylic acids is 1. The Balaban J connectivity index is 3.20. The van der Waals surface area contributed by atoms with Gasteiger partial charge in [-0.05, 0) is 31.5 Å². The lowest BCUT2D eigenvalue weighted by atomic mass is 10.2. The minimum absolute atomic E-state index is 0.0894. The number of halogens is 1. The highest BCUT2D eigenvalue weighted by Gasteiger charge is 2.26. The number of carbonyl (C=O) groups is 1. The van der Waals surface area contributed by atoms with Crippen molar-refractivity contribution in [3.05, 3.63) is 22.7 Å². The Morgan fingerprint density at radius 2 is 2.10 bits per heavy atom. The second-order valence-corrected chi connectivity index (χ2v) is 6.54. The van der Waals surface area contributed by atoms with Crippen LogP contribution < -0.4 is 9.46 Å². The first-order chi connectivity index (χ1) is 9.31. The molecule has 0 spiro atoms. The molecule has 2 N–H and O–H groups in total. The molecule has 0 aliphatic rings. The second-order valence-electron chi connectivity index (χ2n) is 3.94.